The molecule has 0 aromatic heterocycles. The number of aryl methyl sites for hydroxylation is 1. The van der Waals surface area contributed by atoms with Crippen LogP contribution in [0.25, 0.3) is 0 Å². The molecule has 2 aromatic carbocycles. The second-order valence-corrected chi connectivity index (χ2v) is 9.47. The molecule has 1 atom stereocenters. The molecular formula is C22H21N3O4S2. The van der Waals surface area contributed by atoms with Gasteiger partial charge in [0.2, 0.25) is 9.37 Å². The number of ether oxygens (including phenoxy) is 2. The average molecular weight is 456 g/mol. The van der Waals surface area contributed by atoms with Gasteiger partial charge in [-0.05, 0) is 49.9 Å². The van der Waals surface area contributed by atoms with E-state index in [4.69, 9.17) is 9.47 Å². The molecule has 9 heteroatoms. The molecule has 1 spiro atoms. The molecule has 31 heavy (non-hydrogen) atoms. The minimum absolute atomic E-state index is 0.204. The highest BCUT2D eigenvalue weighted by atomic mass is 32.2. The second kappa shape index (κ2) is 8.32. The molecule has 0 N–H and O–H groups in total. The second-order valence-electron chi connectivity index (χ2n) is 6.87. The van der Waals surface area contributed by atoms with E-state index in [2.05, 4.69) is 5.10 Å². The third kappa shape index (κ3) is 3.57. The Hall–Kier alpha value is -2.91. The van der Waals surface area contributed by atoms with Crippen molar-refractivity contribution in [3.8, 4) is 0 Å². The lowest BCUT2D eigenvalue weighted by Crippen LogP contribution is -2.49. The first-order valence-electron chi connectivity index (χ1n) is 9.47. The quantitative estimate of drug-likeness (QED) is 0.632. The van der Waals surface area contributed by atoms with Crippen LogP contribution in [0.3, 0.4) is 0 Å². The van der Waals surface area contributed by atoms with Crippen molar-refractivity contribution < 1.29 is 19.1 Å². The lowest BCUT2D eigenvalue weighted by molar-refractivity contribution is -0.135. The van der Waals surface area contributed by atoms with Crippen LogP contribution < -0.4 is 9.91 Å². The number of para-hydroxylation sites is 1. The number of esters is 2. The molecule has 0 bridgehead atoms. The Bertz CT molecular complexity index is 1090. The van der Waals surface area contributed by atoms with Gasteiger partial charge in [-0.2, -0.15) is 5.10 Å². The van der Waals surface area contributed by atoms with Gasteiger partial charge in [0, 0.05) is 11.4 Å². The molecule has 0 saturated carbocycles. The smallest absolute Gasteiger partial charge is 0.365 e. The lowest BCUT2D eigenvalue weighted by atomic mass is 10.2. The largest absolute Gasteiger partial charge is 0.465 e. The van der Waals surface area contributed by atoms with E-state index in [1.54, 1.807) is 5.01 Å². The van der Waals surface area contributed by atoms with Gasteiger partial charge >= 0.3 is 11.9 Å². The molecule has 2 aliphatic heterocycles. The van der Waals surface area contributed by atoms with Gasteiger partial charge in [-0.25, -0.2) is 14.6 Å². The summed E-state index contributed by atoms with van der Waals surface area (Å²) in [4.78, 5) is 27.5. The number of carbonyl (C=O) groups excluding carboxylic acids is 2. The molecule has 2 aromatic rings. The number of hydrogen-bond donors (Lipinski definition) is 0. The van der Waals surface area contributed by atoms with Crippen LogP contribution >= 0.6 is 23.5 Å². The van der Waals surface area contributed by atoms with Gasteiger partial charge in [0.05, 0.1) is 19.9 Å². The topological polar surface area (TPSA) is 71.4 Å². The number of nitrogens with zero attached hydrogens (tertiary/aromatic N) is 3. The fourth-order valence-electron chi connectivity index (χ4n) is 3.41. The molecular weight excluding hydrogens is 434 g/mol. The molecule has 7 nitrogen and oxygen atoms in total. The zero-order valence-corrected chi connectivity index (χ0v) is 19.1. The predicted molar refractivity (Wildman–Crippen MR) is 125 cm³/mol. The highest BCUT2D eigenvalue weighted by Crippen LogP contribution is 2.60. The van der Waals surface area contributed by atoms with E-state index < -0.39 is 16.3 Å². The van der Waals surface area contributed by atoms with Crippen molar-refractivity contribution in [1.82, 2.24) is 0 Å². The maximum atomic E-state index is 12.6. The maximum Gasteiger partial charge on any atom is 0.365 e. The molecule has 0 fully saturated rings. The third-order valence-corrected chi connectivity index (χ3v) is 7.74. The average Bonchev–Trinajstić information content (AvgIpc) is 3.31. The van der Waals surface area contributed by atoms with Crippen LogP contribution in [0.15, 0.2) is 70.3 Å². The summed E-state index contributed by atoms with van der Waals surface area (Å²) in [6.07, 6.45) is 0. The van der Waals surface area contributed by atoms with Gasteiger partial charge in [0.1, 0.15) is 4.91 Å². The van der Waals surface area contributed by atoms with Crippen molar-refractivity contribution in [2.24, 2.45) is 5.10 Å². The van der Waals surface area contributed by atoms with Crippen LogP contribution in [0.4, 0.5) is 11.4 Å². The van der Waals surface area contributed by atoms with Gasteiger partial charge in [-0.1, -0.05) is 47.7 Å². The minimum Gasteiger partial charge on any atom is -0.465 e. The zero-order valence-electron chi connectivity index (χ0n) is 17.5. The number of rotatable bonds is 4. The third-order valence-electron chi connectivity index (χ3n) is 4.89. The molecule has 0 aliphatic carbocycles. The Morgan fingerprint density at radius 1 is 0.871 bits per heavy atom. The van der Waals surface area contributed by atoms with E-state index in [9.17, 15) is 9.59 Å². The fourth-order valence-corrected chi connectivity index (χ4v) is 6.41. The van der Waals surface area contributed by atoms with Gasteiger partial charge < -0.3 is 14.4 Å². The molecule has 0 saturated heterocycles. The number of benzene rings is 2. The number of anilines is 2. The summed E-state index contributed by atoms with van der Waals surface area (Å²) in [5, 5.41) is 6.59. The van der Waals surface area contributed by atoms with E-state index >= 15 is 0 Å². The van der Waals surface area contributed by atoms with Gasteiger partial charge in [-0.3, -0.25) is 0 Å². The van der Waals surface area contributed by atoms with Gasteiger partial charge in [0.25, 0.3) is 0 Å². The Kier molecular flexibility index (Phi) is 5.72. The van der Waals surface area contributed by atoms with Gasteiger partial charge in [-0.15, -0.1) is 0 Å². The fraction of sp³-hybridized carbons (Fsp3) is 0.227. The maximum absolute atomic E-state index is 12.6. The molecule has 2 aliphatic rings. The number of hydrogen-bond acceptors (Lipinski definition) is 9. The summed E-state index contributed by atoms with van der Waals surface area (Å²) in [6, 6.07) is 17.5. The van der Waals surface area contributed by atoms with Crippen LogP contribution in [0.1, 0.15) is 12.5 Å². The summed E-state index contributed by atoms with van der Waals surface area (Å²) in [5.41, 5.74) is 3.46. The number of methoxy groups -OCH3 is 2. The molecule has 2 heterocycles. The summed E-state index contributed by atoms with van der Waals surface area (Å²) < 4.78 is 9.02. The summed E-state index contributed by atoms with van der Waals surface area (Å²) in [6.45, 7) is 3.87. The molecule has 0 unspecified atom stereocenters. The van der Waals surface area contributed by atoms with Crippen LogP contribution in [0, 0.1) is 6.92 Å². The van der Waals surface area contributed by atoms with E-state index in [-0.39, 0.29) is 5.04 Å². The monoisotopic (exact) mass is 455 g/mol. The Morgan fingerprint density at radius 3 is 2.13 bits per heavy atom. The highest BCUT2D eigenvalue weighted by Gasteiger charge is 2.58. The van der Waals surface area contributed by atoms with Crippen LogP contribution in [0.2, 0.25) is 0 Å². The number of hydrazone groups is 1. The minimum atomic E-state index is -0.978. The molecule has 4 rings (SSSR count). The SMILES string of the molecule is COC(=O)C1=NN(c2ccc(C)cc2)[C@]2(S1)SC(C(=O)OC)=C(C)N2c1ccccc1. The number of thioether (sulfide) groups is 2. The first kappa shape index (κ1) is 21.3. The van der Waals surface area contributed by atoms with Crippen molar-refractivity contribution in [2.75, 3.05) is 24.1 Å². The Balaban J connectivity index is 1.91. The zero-order chi connectivity index (χ0) is 22.2. The molecule has 160 valence electrons. The summed E-state index contributed by atoms with van der Waals surface area (Å²) in [7, 11) is 2.68. The first-order valence-corrected chi connectivity index (χ1v) is 11.1. The van der Waals surface area contributed by atoms with E-state index in [1.165, 1.54) is 37.7 Å². The Morgan fingerprint density at radius 2 is 1.52 bits per heavy atom. The van der Waals surface area contributed by atoms with E-state index in [1.807, 2.05) is 73.3 Å². The van der Waals surface area contributed by atoms with Crippen LogP contribution in [-0.4, -0.2) is 35.5 Å². The summed E-state index contributed by atoms with van der Waals surface area (Å²) in [5.74, 6) is -0.965. The van der Waals surface area contributed by atoms with Crippen molar-refractivity contribution in [3.63, 3.8) is 0 Å². The first-order chi connectivity index (χ1) is 14.9. The predicted octanol–water partition coefficient (Wildman–Crippen LogP) is 4.30. The van der Waals surface area contributed by atoms with E-state index in [0.717, 1.165) is 16.9 Å². The Labute approximate surface area is 189 Å². The standard InChI is InChI=1S/C22H21N3O4S2/c1-14-10-12-17(13-11-14)25-22(31-19(23-25)21(27)29-4)24(16-8-6-5-7-9-16)15(2)18(30-22)20(26)28-3/h5-13H,1-4H3/t22-/m0/s1. The van der Waals surface area contributed by atoms with Gasteiger partial charge in [0.15, 0.2) is 0 Å². The number of carbonyl (C=O) groups is 2. The highest BCUT2D eigenvalue weighted by molar-refractivity contribution is 8.29. The van der Waals surface area contributed by atoms with Crippen molar-refractivity contribution in [2.45, 2.75) is 18.2 Å². The molecule has 0 amide bonds. The van der Waals surface area contributed by atoms with E-state index in [0.29, 0.717) is 10.6 Å². The lowest BCUT2D eigenvalue weighted by Gasteiger charge is -2.41. The molecule has 0 radical (unpaired) electrons. The number of allylic oxidation sites excluding steroid dienone is 1. The van der Waals surface area contributed by atoms with Crippen LogP contribution in [-0.2, 0) is 19.1 Å². The van der Waals surface area contributed by atoms with Crippen molar-refractivity contribution in [3.05, 3.63) is 70.8 Å². The van der Waals surface area contributed by atoms with Crippen molar-refractivity contribution in [1.29, 1.82) is 0 Å². The van der Waals surface area contributed by atoms with Crippen LogP contribution in [0.5, 0.6) is 0 Å². The normalized spacial score (nSPS) is 20.3. The van der Waals surface area contributed by atoms with Crippen molar-refractivity contribution >= 4 is 51.9 Å². The summed E-state index contributed by atoms with van der Waals surface area (Å²) >= 11 is 2.54.